The molecule has 0 unspecified atom stereocenters. The fourth-order valence-electron chi connectivity index (χ4n) is 3.90. The number of hydrogen-bond acceptors (Lipinski definition) is 3. The van der Waals surface area contributed by atoms with Gasteiger partial charge in [-0.05, 0) is 54.4 Å². The summed E-state index contributed by atoms with van der Waals surface area (Å²) in [6.07, 6.45) is 0.858. The van der Waals surface area contributed by atoms with Gasteiger partial charge in [0.1, 0.15) is 0 Å². The van der Waals surface area contributed by atoms with Crippen LogP contribution in [0.15, 0.2) is 58.5 Å². The zero-order valence-corrected chi connectivity index (χ0v) is 20.9. The fourth-order valence-corrected chi connectivity index (χ4v) is 3.90. The van der Waals surface area contributed by atoms with E-state index in [4.69, 9.17) is 14.7 Å². The second-order valence-corrected chi connectivity index (χ2v) is 10.4. The maximum Gasteiger partial charge on any atom is 0.0666 e. The first-order chi connectivity index (χ1) is 14.4. The van der Waals surface area contributed by atoms with Crippen molar-refractivity contribution in [2.24, 2.45) is 15.9 Å². The lowest BCUT2D eigenvalue weighted by Gasteiger charge is -2.23. The molecule has 31 heavy (non-hydrogen) atoms. The predicted molar refractivity (Wildman–Crippen MR) is 136 cm³/mol. The topological polar surface area (TPSA) is 34.0 Å². The van der Waals surface area contributed by atoms with Gasteiger partial charge in [0.05, 0.1) is 11.4 Å². The molecule has 0 bridgehead atoms. The Bertz CT molecular complexity index is 853. The van der Waals surface area contributed by atoms with E-state index in [9.17, 15) is 0 Å². The van der Waals surface area contributed by atoms with Crippen molar-refractivity contribution in [1.82, 2.24) is 0 Å². The smallest absolute Gasteiger partial charge is 0.0666 e. The Morgan fingerprint density at radius 3 is 1.48 bits per heavy atom. The lowest BCUT2D eigenvalue weighted by atomic mass is 9.85. The summed E-state index contributed by atoms with van der Waals surface area (Å²) in [4.78, 5) is 10.2. The lowest BCUT2D eigenvalue weighted by molar-refractivity contribution is 0.192. The van der Waals surface area contributed by atoms with Gasteiger partial charge < -0.3 is 4.74 Å². The molecule has 0 saturated heterocycles. The Kier molecular flexibility index (Phi) is 8.36. The van der Waals surface area contributed by atoms with E-state index in [0.29, 0.717) is 6.61 Å². The third-order valence-corrected chi connectivity index (χ3v) is 5.64. The Morgan fingerprint density at radius 1 is 0.742 bits per heavy atom. The average molecular weight is 421 g/mol. The molecule has 0 amide bonds. The quantitative estimate of drug-likeness (QED) is 0.420. The first kappa shape index (κ1) is 25.0. The highest BCUT2D eigenvalue weighted by atomic mass is 16.5. The second-order valence-electron chi connectivity index (χ2n) is 10.4. The van der Waals surface area contributed by atoms with Gasteiger partial charge in [0, 0.05) is 31.1 Å². The van der Waals surface area contributed by atoms with Crippen LogP contribution < -0.4 is 0 Å². The minimum Gasteiger partial charge on any atom is -0.385 e. The van der Waals surface area contributed by atoms with Crippen molar-refractivity contribution in [1.29, 1.82) is 0 Å². The molecule has 2 aromatic rings. The van der Waals surface area contributed by atoms with Gasteiger partial charge in [0.25, 0.3) is 0 Å². The molecular formula is C28H40N2O. The van der Waals surface area contributed by atoms with Crippen molar-refractivity contribution in [2.75, 3.05) is 13.7 Å². The minimum absolute atomic E-state index is 0.0389. The number of ether oxygens (including phenoxy) is 1. The first-order valence-corrected chi connectivity index (χ1v) is 11.2. The molecule has 0 fully saturated rings. The largest absolute Gasteiger partial charge is 0.385 e. The SMILES string of the molecule is COCCC(/C(C)=N/c1ccccc1C(C)(C)C)/C(C)=N/c1ccccc1C(C)(C)C. The molecule has 0 heterocycles. The summed E-state index contributed by atoms with van der Waals surface area (Å²) < 4.78 is 5.42. The van der Waals surface area contributed by atoms with Crippen LogP contribution >= 0.6 is 0 Å². The number of nitrogens with zero attached hydrogens (tertiary/aromatic N) is 2. The number of methoxy groups -OCH3 is 1. The summed E-state index contributed by atoms with van der Waals surface area (Å²) in [6, 6.07) is 16.9. The predicted octanol–water partition coefficient (Wildman–Crippen LogP) is 7.82. The van der Waals surface area contributed by atoms with E-state index in [1.54, 1.807) is 7.11 Å². The highest BCUT2D eigenvalue weighted by Crippen LogP contribution is 2.33. The number of benzene rings is 2. The van der Waals surface area contributed by atoms with Crippen LogP contribution in [-0.4, -0.2) is 25.1 Å². The van der Waals surface area contributed by atoms with Crippen LogP contribution in [0.4, 0.5) is 11.4 Å². The number of rotatable bonds is 7. The van der Waals surface area contributed by atoms with E-state index >= 15 is 0 Å². The molecule has 2 rings (SSSR count). The third-order valence-electron chi connectivity index (χ3n) is 5.64. The van der Waals surface area contributed by atoms with Gasteiger partial charge >= 0.3 is 0 Å². The van der Waals surface area contributed by atoms with Crippen LogP contribution in [0.3, 0.4) is 0 Å². The van der Waals surface area contributed by atoms with Crippen LogP contribution in [0.2, 0.25) is 0 Å². The monoisotopic (exact) mass is 420 g/mol. The molecule has 0 atom stereocenters. The van der Waals surface area contributed by atoms with Gasteiger partial charge in [-0.1, -0.05) is 77.9 Å². The molecule has 0 aliphatic rings. The van der Waals surface area contributed by atoms with E-state index in [1.807, 2.05) is 0 Å². The first-order valence-electron chi connectivity index (χ1n) is 11.2. The van der Waals surface area contributed by atoms with E-state index in [1.165, 1.54) is 11.1 Å². The summed E-state index contributed by atoms with van der Waals surface area (Å²) in [5.74, 6) is 0.126. The molecule has 0 aliphatic heterocycles. The zero-order valence-electron chi connectivity index (χ0n) is 20.9. The van der Waals surface area contributed by atoms with Crippen molar-refractivity contribution in [3.8, 4) is 0 Å². The van der Waals surface area contributed by atoms with Crippen molar-refractivity contribution < 1.29 is 4.74 Å². The van der Waals surface area contributed by atoms with Crippen LogP contribution in [-0.2, 0) is 15.6 Å². The van der Waals surface area contributed by atoms with Gasteiger partial charge in [0.15, 0.2) is 0 Å². The van der Waals surface area contributed by atoms with Crippen LogP contribution in [0.5, 0.6) is 0 Å². The molecule has 3 nitrogen and oxygen atoms in total. The molecule has 0 saturated carbocycles. The fraction of sp³-hybridized carbons (Fsp3) is 0.500. The van der Waals surface area contributed by atoms with Crippen LogP contribution in [0.25, 0.3) is 0 Å². The highest BCUT2D eigenvalue weighted by Gasteiger charge is 2.22. The molecule has 0 spiro atoms. The Morgan fingerprint density at radius 2 is 1.13 bits per heavy atom. The Balaban J connectivity index is 2.50. The number of para-hydroxylation sites is 2. The van der Waals surface area contributed by atoms with E-state index in [-0.39, 0.29) is 16.7 Å². The van der Waals surface area contributed by atoms with Gasteiger partial charge in [-0.3, -0.25) is 9.98 Å². The maximum atomic E-state index is 5.42. The molecule has 0 N–H and O–H groups in total. The average Bonchev–Trinajstić information content (AvgIpc) is 2.67. The third kappa shape index (κ3) is 6.87. The molecule has 0 radical (unpaired) electrons. The molecular weight excluding hydrogens is 380 g/mol. The molecule has 168 valence electrons. The van der Waals surface area contributed by atoms with E-state index < -0.39 is 0 Å². The van der Waals surface area contributed by atoms with Crippen molar-refractivity contribution in [3.05, 3.63) is 59.7 Å². The Hall–Kier alpha value is -2.26. The lowest BCUT2D eigenvalue weighted by Crippen LogP contribution is -2.22. The molecule has 2 aromatic carbocycles. The standard InChI is InChI=1S/C28H40N2O/c1-20(29-25-16-12-10-14-23(25)27(3,4)5)22(18-19-31-9)21(2)30-26-17-13-11-15-24(26)28(6,7)8/h10-17,22H,18-19H2,1-9H3/b29-20+,30-21+. The second kappa shape index (κ2) is 10.4. The summed E-state index contributed by atoms with van der Waals surface area (Å²) in [6.45, 7) is 18.3. The Labute approximate surface area is 189 Å². The number of aliphatic imine (C=N–C) groups is 2. The molecule has 3 heteroatoms. The van der Waals surface area contributed by atoms with Crippen molar-refractivity contribution in [2.45, 2.75) is 72.6 Å². The summed E-state index contributed by atoms with van der Waals surface area (Å²) in [7, 11) is 1.75. The molecule has 0 aliphatic carbocycles. The van der Waals surface area contributed by atoms with Crippen molar-refractivity contribution in [3.63, 3.8) is 0 Å². The normalized spacial score (nSPS) is 13.7. The van der Waals surface area contributed by atoms with Gasteiger partial charge in [0.2, 0.25) is 0 Å². The number of hydrogen-bond donors (Lipinski definition) is 0. The van der Waals surface area contributed by atoms with Gasteiger partial charge in [-0.15, -0.1) is 0 Å². The van der Waals surface area contributed by atoms with Gasteiger partial charge in [-0.2, -0.15) is 0 Å². The van der Waals surface area contributed by atoms with Crippen LogP contribution in [0, 0.1) is 5.92 Å². The minimum atomic E-state index is 0.0389. The molecule has 0 aromatic heterocycles. The van der Waals surface area contributed by atoms with Crippen LogP contribution in [0.1, 0.15) is 72.9 Å². The summed E-state index contributed by atoms with van der Waals surface area (Å²) in [5.41, 5.74) is 6.82. The highest BCUT2D eigenvalue weighted by molar-refractivity contribution is 6.07. The van der Waals surface area contributed by atoms with E-state index in [0.717, 1.165) is 29.2 Å². The zero-order chi connectivity index (χ0) is 23.2. The maximum absolute atomic E-state index is 5.42. The van der Waals surface area contributed by atoms with Crippen molar-refractivity contribution >= 4 is 22.8 Å². The summed E-state index contributed by atoms with van der Waals surface area (Å²) >= 11 is 0. The summed E-state index contributed by atoms with van der Waals surface area (Å²) in [5, 5.41) is 0. The van der Waals surface area contributed by atoms with E-state index in [2.05, 4.69) is 104 Å². The van der Waals surface area contributed by atoms with Gasteiger partial charge in [-0.25, -0.2) is 0 Å².